The number of hydrogen-bond acceptors (Lipinski definition) is 0. The van der Waals surface area contributed by atoms with Gasteiger partial charge in [0.15, 0.2) is 0 Å². The molecule has 0 rings (SSSR count). The van der Waals surface area contributed by atoms with Crippen LogP contribution in [0.4, 0.5) is 0 Å². The van der Waals surface area contributed by atoms with Crippen LogP contribution < -0.4 is 0 Å². The van der Waals surface area contributed by atoms with Crippen LogP contribution in [0, 0.1) is 0 Å². The standard InChI is InChI=1S/8K.10Tl.Zn. The second kappa shape index (κ2) is 124. The van der Waals surface area contributed by atoms with E-state index in [2.05, 4.69) is 0 Å². The summed E-state index contributed by atoms with van der Waals surface area (Å²) in [6.45, 7) is 0. The van der Waals surface area contributed by atoms with Gasteiger partial charge in [0, 0.05) is 704 Å². The van der Waals surface area contributed by atoms with Gasteiger partial charge in [0.05, 0.1) is 0 Å². The Morgan fingerprint density at radius 2 is 0.158 bits per heavy atom. The van der Waals surface area contributed by atoms with Crippen molar-refractivity contribution in [3.8, 4) is 0 Å². The van der Waals surface area contributed by atoms with Gasteiger partial charge < -0.3 is 0 Å². The first-order chi connectivity index (χ1) is 0. The molecule has 0 bridgehead atoms. The molecule has 0 aliphatic rings. The molecule has 0 atom stereocenters. The summed E-state index contributed by atoms with van der Waals surface area (Å²) in [6.07, 6.45) is 0. The predicted octanol–water partition coefficient (Wildman–Crippen LogP) is -6.86. The molecule has 0 aromatic rings. The van der Waals surface area contributed by atoms with Crippen LogP contribution in [0.2, 0.25) is 0 Å². The van der Waals surface area contributed by atoms with E-state index in [9.17, 15) is 0 Å². The normalized spacial score (nSPS) is 0. The third kappa shape index (κ3) is 118. The Hall–Kier alpha value is 22.9. The molecule has 0 aromatic heterocycles. The first-order valence-corrected chi connectivity index (χ1v) is 0. The average molecular weight is 2420 g/mol. The largest absolute Gasteiger partial charge is 0 e. The minimum Gasteiger partial charge on any atom is 0 e. The average Bonchev–Trinajstić information content (AvgIpc) is 0. The molecule has 0 aromatic carbocycles. The topological polar surface area (TPSA) is 0 Å². The van der Waals surface area contributed by atoms with Crippen molar-refractivity contribution in [1.82, 2.24) is 0 Å². The summed E-state index contributed by atoms with van der Waals surface area (Å²) in [6, 6.07) is 0. The Bertz CT molecular complexity index is 23.5. The third-order valence-corrected chi connectivity index (χ3v) is 0. The fourth-order valence-electron chi connectivity index (χ4n) is 0. The van der Waals surface area contributed by atoms with Gasteiger partial charge in [-0.1, -0.05) is 0 Å². The zero-order valence-corrected chi connectivity index (χ0v) is 87.3. The van der Waals surface area contributed by atoms with E-state index in [4.69, 9.17) is 0 Å². The van der Waals surface area contributed by atoms with Crippen LogP contribution in [0.5, 0.6) is 0 Å². The van der Waals surface area contributed by atoms with Gasteiger partial charge >= 0.3 is 0 Å². The molecular weight excluding hydrogens is 2420 g/mol. The summed E-state index contributed by atoms with van der Waals surface area (Å²) in [4.78, 5) is 0. The van der Waals surface area contributed by atoms with E-state index in [-0.39, 0.29) is 704 Å². The van der Waals surface area contributed by atoms with Crippen LogP contribution in [-0.2, 0) is 19.5 Å². The Morgan fingerprint density at radius 1 is 0.158 bits per heavy atom. The minimum absolute atomic E-state index is 0. The SMILES string of the molecule is [K].[K].[K].[K].[K].[K].[K].[K].[Tl].[Tl].[Tl].[Tl].[Tl].[Tl].[Tl].[Tl].[Tl].[Tl].[Zn]. The Balaban J connectivity index is 0. The van der Waals surface area contributed by atoms with E-state index in [1.165, 1.54) is 0 Å². The minimum atomic E-state index is 0. The smallest absolute Gasteiger partial charge is 0 e. The molecule has 0 fully saturated rings. The van der Waals surface area contributed by atoms with Crippen LogP contribution in [0.1, 0.15) is 0 Å². The molecule has 0 nitrogen and oxygen atoms in total. The molecule has 0 saturated carbocycles. The first kappa shape index (κ1) is 134. The number of rotatable bonds is 0. The second-order valence-corrected chi connectivity index (χ2v) is 0. The van der Waals surface area contributed by atoms with Crippen molar-refractivity contribution in [2.45, 2.75) is 0 Å². The Kier molecular flexibility index (Phi) is 873. The van der Waals surface area contributed by atoms with Gasteiger partial charge in [-0.05, 0) is 0 Å². The van der Waals surface area contributed by atoms with Gasteiger partial charge in [0.2, 0.25) is 0 Å². The van der Waals surface area contributed by atoms with Crippen LogP contribution in [0.25, 0.3) is 0 Å². The summed E-state index contributed by atoms with van der Waals surface area (Å²) in [5.41, 5.74) is 0. The van der Waals surface area contributed by atoms with E-state index in [0.29, 0.717) is 0 Å². The fourth-order valence-corrected chi connectivity index (χ4v) is 0. The van der Waals surface area contributed by atoms with E-state index in [1.807, 2.05) is 0 Å². The predicted molar refractivity (Wildman–Crippen MR) is 104 cm³/mol. The summed E-state index contributed by atoms with van der Waals surface area (Å²) in [5.74, 6) is 0. The molecule has 18 radical (unpaired) electrons. The van der Waals surface area contributed by atoms with E-state index >= 15 is 0 Å². The van der Waals surface area contributed by atoms with Crippen molar-refractivity contribution in [2.75, 3.05) is 0 Å². The van der Waals surface area contributed by atoms with Crippen molar-refractivity contribution >= 4 is 684 Å². The maximum Gasteiger partial charge on any atom is 0 e. The van der Waals surface area contributed by atoms with Gasteiger partial charge in [-0.2, -0.15) is 0 Å². The van der Waals surface area contributed by atoms with Crippen molar-refractivity contribution < 1.29 is 19.5 Å². The number of hydrogen-bond donors (Lipinski definition) is 0. The molecule has 19 heteroatoms. The fraction of sp³-hybridized carbons (Fsp3) is 0. The van der Waals surface area contributed by atoms with Crippen LogP contribution in [-0.4, -0.2) is 684 Å². The summed E-state index contributed by atoms with van der Waals surface area (Å²) in [5, 5.41) is 0. The van der Waals surface area contributed by atoms with Gasteiger partial charge in [-0.25, -0.2) is 0 Å². The van der Waals surface area contributed by atoms with Crippen LogP contribution in [0.3, 0.4) is 0 Å². The molecular formula is K8Tl10Zn. The Morgan fingerprint density at radius 3 is 0.158 bits per heavy atom. The first-order valence-electron chi connectivity index (χ1n) is 0. The van der Waals surface area contributed by atoms with Crippen molar-refractivity contribution in [1.29, 1.82) is 0 Å². The molecule has 0 saturated heterocycles. The molecule has 0 amide bonds. The van der Waals surface area contributed by atoms with Crippen LogP contribution >= 0.6 is 0 Å². The summed E-state index contributed by atoms with van der Waals surface area (Å²) >= 11 is 0. The van der Waals surface area contributed by atoms with Gasteiger partial charge in [-0.3, -0.25) is 0 Å². The van der Waals surface area contributed by atoms with E-state index in [0.717, 1.165) is 0 Å². The maximum atomic E-state index is 0. The zero-order chi connectivity index (χ0) is 0. The maximum absolute atomic E-state index is 0. The van der Waals surface area contributed by atoms with Gasteiger partial charge in [0.1, 0.15) is 0 Å². The monoisotopic (exact) mass is 2430 g/mol. The summed E-state index contributed by atoms with van der Waals surface area (Å²) < 4.78 is 0. The molecule has 0 heterocycles. The molecule has 40 valence electrons. The van der Waals surface area contributed by atoms with Gasteiger partial charge in [0.25, 0.3) is 0 Å². The molecule has 0 N–H and O–H groups in total. The van der Waals surface area contributed by atoms with E-state index < -0.39 is 0 Å². The molecule has 0 unspecified atom stereocenters. The quantitative estimate of drug-likeness (QED) is 0.212. The molecule has 0 aliphatic carbocycles. The Labute approximate surface area is 674 Å². The molecule has 0 spiro atoms. The molecule has 0 aliphatic heterocycles. The van der Waals surface area contributed by atoms with E-state index in [1.54, 1.807) is 0 Å². The molecule has 19 heavy (non-hydrogen) atoms. The van der Waals surface area contributed by atoms with Crippen molar-refractivity contribution in [2.24, 2.45) is 0 Å². The zero-order valence-electron chi connectivity index (χ0n) is 14.5. The van der Waals surface area contributed by atoms with Crippen LogP contribution in [0.15, 0.2) is 0 Å². The van der Waals surface area contributed by atoms with Gasteiger partial charge in [-0.15, -0.1) is 0 Å². The van der Waals surface area contributed by atoms with Crippen molar-refractivity contribution in [3.05, 3.63) is 0 Å². The second-order valence-electron chi connectivity index (χ2n) is 0. The third-order valence-electron chi connectivity index (χ3n) is 0. The summed E-state index contributed by atoms with van der Waals surface area (Å²) in [7, 11) is 0. The van der Waals surface area contributed by atoms with Crippen molar-refractivity contribution in [3.63, 3.8) is 0 Å².